The molecule has 1 unspecified atom stereocenters. The van der Waals surface area contributed by atoms with Crippen molar-refractivity contribution in [1.29, 1.82) is 0 Å². The van der Waals surface area contributed by atoms with E-state index in [2.05, 4.69) is 15.6 Å². The zero-order valence-corrected chi connectivity index (χ0v) is 13.8. The highest BCUT2D eigenvalue weighted by Crippen LogP contribution is 2.18. The van der Waals surface area contributed by atoms with Crippen LogP contribution in [0.5, 0.6) is 0 Å². The van der Waals surface area contributed by atoms with Crippen LogP contribution in [-0.4, -0.2) is 36.9 Å². The third-order valence-corrected chi connectivity index (χ3v) is 5.54. The zero-order valence-electron chi connectivity index (χ0n) is 13.0. The van der Waals surface area contributed by atoms with Gasteiger partial charge in [-0.15, -0.1) is 0 Å². The average Bonchev–Trinajstić information content (AvgIpc) is 2.90. The Morgan fingerprint density at radius 1 is 1.12 bits per heavy atom. The predicted molar refractivity (Wildman–Crippen MR) is 89.2 cm³/mol. The number of hydrogen-bond donors (Lipinski definition) is 2. The van der Waals surface area contributed by atoms with Gasteiger partial charge in [0, 0.05) is 17.8 Å². The lowest BCUT2D eigenvalue weighted by atomic mass is 10.2. The maximum absolute atomic E-state index is 13.1. The van der Waals surface area contributed by atoms with E-state index in [4.69, 9.17) is 0 Å². The molecule has 25 heavy (non-hydrogen) atoms. The average molecular weight is 367 g/mol. The Balaban J connectivity index is 1.63. The third kappa shape index (κ3) is 4.30. The number of anilines is 2. The van der Waals surface area contributed by atoms with E-state index in [0.29, 0.717) is 12.1 Å². The smallest absolute Gasteiger partial charge is 0.274 e. The minimum absolute atomic E-state index is 0.0748. The fourth-order valence-corrected chi connectivity index (χ4v) is 4.20. The quantitative estimate of drug-likeness (QED) is 0.865. The molecule has 1 atom stereocenters. The van der Waals surface area contributed by atoms with Crippen LogP contribution in [-0.2, 0) is 9.84 Å². The summed E-state index contributed by atoms with van der Waals surface area (Å²) in [5.41, 5.74) is 0.810. The predicted octanol–water partition coefficient (Wildman–Crippen LogP) is 2.21. The summed E-state index contributed by atoms with van der Waals surface area (Å²) >= 11 is 0. The number of amides is 1. The molecule has 1 amide bonds. The molecule has 1 fully saturated rings. The van der Waals surface area contributed by atoms with Crippen LogP contribution in [0, 0.1) is 11.6 Å². The largest absolute Gasteiger partial charge is 0.380 e. The molecule has 1 aromatic carbocycles. The Hall–Kier alpha value is -2.55. The first-order chi connectivity index (χ1) is 11.8. The number of nitrogens with one attached hydrogen (secondary N) is 2. The molecule has 1 aliphatic rings. The summed E-state index contributed by atoms with van der Waals surface area (Å²) in [4.78, 5) is 16.1. The van der Waals surface area contributed by atoms with Gasteiger partial charge in [-0.25, -0.2) is 22.2 Å². The normalized spacial score (nSPS) is 18.7. The van der Waals surface area contributed by atoms with Crippen molar-refractivity contribution < 1.29 is 22.0 Å². The lowest BCUT2D eigenvalue weighted by Gasteiger charge is -2.12. The molecule has 1 aliphatic heterocycles. The Morgan fingerprint density at radius 3 is 2.48 bits per heavy atom. The van der Waals surface area contributed by atoms with Gasteiger partial charge >= 0.3 is 0 Å². The van der Waals surface area contributed by atoms with Crippen LogP contribution < -0.4 is 10.6 Å². The molecule has 0 spiro atoms. The maximum atomic E-state index is 13.1. The van der Waals surface area contributed by atoms with E-state index in [0.717, 1.165) is 12.1 Å². The summed E-state index contributed by atoms with van der Waals surface area (Å²) in [5, 5.41) is 5.48. The molecule has 2 heterocycles. The second-order valence-electron chi connectivity index (χ2n) is 5.76. The zero-order chi connectivity index (χ0) is 18.0. The SMILES string of the molecule is O=C(Nc1ccc(F)c(F)c1)c1ccc(NC2CCS(=O)(=O)C2)cn1. The molecule has 2 aromatic rings. The number of sulfone groups is 1. The topological polar surface area (TPSA) is 88.2 Å². The van der Waals surface area contributed by atoms with Gasteiger partial charge in [0.25, 0.3) is 5.91 Å². The highest BCUT2D eigenvalue weighted by molar-refractivity contribution is 7.91. The monoisotopic (exact) mass is 367 g/mol. The van der Waals surface area contributed by atoms with Gasteiger partial charge in [-0.3, -0.25) is 4.79 Å². The summed E-state index contributed by atoms with van der Waals surface area (Å²) in [7, 11) is -2.98. The molecular formula is C16H15F2N3O3S. The summed E-state index contributed by atoms with van der Waals surface area (Å²) in [6.45, 7) is 0. The van der Waals surface area contributed by atoms with Gasteiger partial charge in [-0.05, 0) is 30.7 Å². The first kappa shape index (κ1) is 17.3. The lowest BCUT2D eigenvalue weighted by Crippen LogP contribution is -2.21. The van der Waals surface area contributed by atoms with Crippen molar-refractivity contribution in [3.05, 3.63) is 53.9 Å². The number of aromatic nitrogens is 1. The highest BCUT2D eigenvalue weighted by atomic mass is 32.2. The van der Waals surface area contributed by atoms with Crippen LogP contribution in [0.4, 0.5) is 20.2 Å². The molecule has 1 aromatic heterocycles. The number of benzene rings is 1. The molecule has 9 heteroatoms. The second-order valence-corrected chi connectivity index (χ2v) is 7.99. The standard InChI is InChI=1S/C16H15F2N3O3S/c17-13-3-1-10(7-14(13)18)21-16(22)15-4-2-11(8-19-15)20-12-5-6-25(23,24)9-12/h1-4,7-8,12,20H,5-6,9H2,(H,21,22). The molecule has 0 saturated carbocycles. The Labute approximate surface area is 143 Å². The van der Waals surface area contributed by atoms with Crippen molar-refractivity contribution in [2.75, 3.05) is 22.1 Å². The number of carbonyl (C=O) groups is 1. The lowest BCUT2D eigenvalue weighted by molar-refractivity contribution is 0.102. The van der Waals surface area contributed by atoms with E-state index >= 15 is 0 Å². The molecule has 1 saturated heterocycles. The van der Waals surface area contributed by atoms with Crippen LogP contribution >= 0.6 is 0 Å². The third-order valence-electron chi connectivity index (χ3n) is 3.78. The van der Waals surface area contributed by atoms with E-state index < -0.39 is 27.4 Å². The number of pyridine rings is 1. The first-order valence-electron chi connectivity index (χ1n) is 7.52. The molecular weight excluding hydrogens is 352 g/mol. The van der Waals surface area contributed by atoms with Gasteiger partial charge in [0.2, 0.25) is 0 Å². The first-order valence-corrected chi connectivity index (χ1v) is 9.34. The van der Waals surface area contributed by atoms with Crippen LogP contribution in [0.2, 0.25) is 0 Å². The number of nitrogens with zero attached hydrogens (tertiary/aromatic N) is 1. The van der Waals surface area contributed by atoms with Crippen molar-refractivity contribution in [2.45, 2.75) is 12.5 Å². The van der Waals surface area contributed by atoms with E-state index in [-0.39, 0.29) is 28.9 Å². The number of rotatable bonds is 4. The van der Waals surface area contributed by atoms with Crippen LogP contribution in [0.25, 0.3) is 0 Å². The fraction of sp³-hybridized carbons (Fsp3) is 0.250. The summed E-state index contributed by atoms with van der Waals surface area (Å²) in [6, 6.07) is 5.94. The van der Waals surface area contributed by atoms with E-state index in [1.807, 2.05) is 0 Å². The minimum atomic E-state index is -2.98. The van der Waals surface area contributed by atoms with Crippen molar-refractivity contribution in [2.24, 2.45) is 0 Å². The summed E-state index contributed by atoms with van der Waals surface area (Å²) < 4.78 is 48.9. The van der Waals surface area contributed by atoms with Crippen LogP contribution in [0.15, 0.2) is 36.5 Å². The highest BCUT2D eigenvalue weighted by Gasteiger charge is 2.27. The molecule has 132 valence electrons. The fourth-order valence-electron chi connectivity index (χ4n) is 2.53. The van der Waals surface area contributed by atoms with Crippen molar-refractivity contribution in [1.82, 2.24) is 4.98 Å². The van der Waals surface area contributed by atoms with Crippen LogP contribution in [0.3, 0.4) is 0 Å². The molecule has 0 bridgehead atoms. The number of carbonyl (C=O) groups excluding carboxylic acids is 1. The minimum Gasteiger partial charge on any atom is -0.380 e. The summed E-state index contributed by atoms with van der Waals surface area (Å²) in [6.07, 6.45) is 1.95. The van der Waals surface area contributed by atoms with Crippen molar-refractivity contribution in [3.63, 3.8) is 0 Å². The van der Waals surface area contributed by atoms with Gasteiger partial charge in [0.15, 0.2) is 21.5 Å². The molecule has 6 nitrogen and oxygen atoms in total. The molecule has 0 aliphatic carbocycles. The van der Waals surface area contributed by atoms with Gasteiger partial charge in [0.05, 0.1) is 23.4 Å². The van der Waals surface area contributed by atoms with Gasteiger partial charge in [-0.2, -0.15) is 0 Å². The Bertz CT molecular complexity index is 901. The van der Waals surface area contributed by atoms with Gasteiger partial charge in [-0.1, -0.05) is 0 Å². The molecule has 0 radical (unpaired) electrons. The van der Waals surface area contributed by atoms with Crippen molar-refractivity contribution in [3.8, 4) is 0 Å². The van der Waals surface area contributed by atoms with E-state index in [9.17, 15) is 22.0 Å². The second kappa shape index (κ2) is 6.75. The summed E-state index contributed by atoms with van der Waals surface area (Å²) in [5.74, 6) is -2.39. The number of halogens is 2. The Kier molecular flexibility index (Phi) is 4.67. The van der Waals surface area contributed by atoms with Crippen LogP contribution in [0.1, 0.15) is 16.9 Å². The van der Waals surface area contributed by atoms with Crippen molar-refractivity contribution >= 4 is 27.1 Å². The van der Waals surface area contributed by atoms with E-state index in [1.54, 1.807) is 6.07 Å². The van der Waals surface area contributed by atoms with Gasteiger partial charge < -0.3 is 10.6 Å². The molecule has 3 rings (SSSR count). The number of hydrogen-bond acceptors (Lipinski definition) is 5. The Morgan fingerprint density at radius 2 is 1.88 bits per heavy atom. The maximum Gasteiger partial charge on any atom is 0.274 e. The van der Waals surface area contributed by atoms with Gasteiger partial charge in [0.1, 0.15) is 5.69 Å². The van der Waals surface area contributed by atoms with E-state index in [1.165, 1.54) is 18.3 Å². The molecule has 2 N–H and O–H groups in total.